The molecule has 0 aromatic carbocycles. The Hall–Kier alpha value is -1.22. The van der Waals surface area contributed by atoms with E-state index in [-0.39, 0.29) is 24.2 Å². The van der Waals surface area contributed by atoms with Crippen LogP contribution in [0.25, 0.3) is 0 Å². The van der Waals surface area contributed by atoms with Crippen LogP contribution in [0.15, 0.2) is 0 Å². The summed E-state index contributed by atoms with van der Waals surface area (Å²) in [6.45, 7) is 2.13. The molecule has 2 aliphatic heterocycles. The van der Waals surface area contributed by atoms with E-state index in [0.29, 0.717) is 47.6 Å². The van der Waals surface area contributed by atoms with Crippen molar-refractivity contribution in [3.63, 3.8) is 0 Å². The van der Waals surface area contributed by atoms with E-state index >= 15 is 0 Å². The lowest BCUT2D eigenvalue weighted by molar-refractivity contribution is -0.136. The largest absolute Gasteiger partial charge is 0.467 e. The minimum absolute atomic E-state index is 0.0470. The van der Waals surface area contributed by atoms with Gasteiger partial charge in [0.2, 0.25) is 0 Å². The van der Waals surface area contributed by atoms with Crippen LogP contribution in [0.2, 0.25) is 0 Å². The van der Waals surface area contributed by atoms with Crippen molar-refractivity contribution in [2.45, 2.75) is 81.6 Å². The molecule has 1 aromatic rings. The first kappa shape index (κ1) is 20.4. The van der Waals surface area contributed by atoms with Crippen LogP contribution in [0.4, 0.5) is 0 Å². The summed E-state index contributed by atoms with van der Waals surface area (Å²) in [5.74, 6) is 1.35. The SMILES string of the molecule is O=C(NC1C2CC3CC1CC(O)(C3)C2)c1sc(OC2CCOCC2)nc1[C@H]1CCCO1. The molecule has 2 N–H and O–H groups in total. The van der Waals surface area contributed by atoms with Gasteiger partial charge in [0.15, 0.2) is 0 Å². The molecule has 2 saturated heterocycles. The fourth-order valence-corrected chi connectivity index (χ4v) is 7.84. The second-order valence-electron chi connectivity index (χ2n) is 10.3. The van der Waals surface area contributed by atoms with E-state index < -0.39 is 5.60 Å². The third-order valence-electron chi connectivity index (χ3n) is 8.05. The average Bonchev–Trinajstić information content (AvgIpc) is 3.40. The van der Waals surface area contributed by atoms with Gasteiger partial charge in [0, 0.05) is 25.5 Å². The van der Waals surface area contributed by atoms with E-state index in [2.05, 4.69) is 5.32 Å². The van der Waals surface area contributed by atoms with Crippen molar-refractivity contribution in [1.29, 1.82) is 0 Å². The molecule has 0 spiro atoms. The van der Waals surface area contributed by atoms with Crippen molar-refractivity contribution in [2.75, 3.05) is 19.8 Å². The summed E-state index contributed by atoms with van der Waals surface area (Å²) in [5, 5.41) is 14.8. The Kier molecular flexibility index (Phi) is 5.24. The molecule has 4 saturated carbocycles. The molecule has 170 valence electrons. The van der Waals surface area contributed by atoms with E-state index in [4.69, 9.17) is 19.2 Å². The van der Waals surface area contributed by atoms with Gasteiger partial charge in [0.1, 0.15) is 17.1 Å². The van der Waals surface area contributed by atoms with E-state index in [1.54, 1.807) is 0 Å². The number of hydrogen-bond donors (Lipinski definition) is 2. The number of nitrogens with zero attached hydrogens (tertiary/aromatic N) is 1. The lowest BCUT2D eigenvalue weighted by atomic mass is 9.52. The number of carbonyl (C=O) groups excluding carboxylic acids is 1. The zero-order chi connectivity index (χ0) is 21.0. The van der Waals surface area contributed by atoms with Crippen LogP contribution in [-0.2, 0) is 9.47 Å². The molecule has 6 fully saturated rings. The molecule has 31 heavy (non-hydrogen) atoms. The van der Waals surface area contributed by atoms with Gasteiger partial charge in [-0.1, -0.05) is 11.3 Å². The number of thiazole rings is 1. The summed E-state index contributed by atoms with van der Waals surface area (Å²) in [4.78, 5) is 18.8. The second-order valence-corrected chi connectivity index (χ2v) is 11.3. The molecular weight excluding hydrogens is 416 g/mol. The van der Waals surface area contributed by atoms with Crippen molar-refractivity contribution in [3.05, 3.63) is 10.6 Å². The fraction of sp³-hybridized carbons (Fsp3) is 0.826. The Morgan fingerprint density at radius 3 is 2.58 bits per heavy atom. The lowest BCUT2D eigenvalue weighted by Crippen LogP contribution is -2.61. The van der Waals surface area contributed by atoms with E-state index in [9.17, 15) is 9.90 Å². The van der Waals surface area contributed by atoms with Crippen molar-refractivity contribution < 1.29 is 24.1 Å². The van der Waals surface area contributed by atoms with Gasteiger partial charge in [-0.2, -0.15) is 0 Å². The van der Waals surface area contributed by atoms with Gasteiger partial charge >= 0.3 is 0 Å². The van der Waals surface area contributed by atoms with Gasteiger partial charge in [-0.3, -0.25) is 4.79 Å². The highest BCUT2D eigenvalue weighted by molar-refractivity contribution is 7.15. The molecule has 4 bridgehead atoms. The third kappa shape index (κ3) is 3.90. The van der Waals surface area contributed by atoms with Crippen molar-refractivity contribution >= 4 is 17.2 Å². The van der Waals surface area contributed by atoms with Gasteiger partial charge in [-0.05, 0) is 62.7 Å². The Morgan fingerprint density at radius 2 is 1.90 bits per heavy atom. The highest BCUT2D eigenvalue weighted by Gasteiger charge is 2.55. The minimum atomic E-state index is -0.490. The summed E-state index contributed by atoms with van der Waals surface area (Å²) < 4.78 is 17.5. The topological polar surface area (TPSA) is 89.9 Å². The van der Waals surface area contributed by atoms with Gasteiger partial charge in [-0.15, -0.1) is 0 Å². The molecule has 6 aliphatic rings. The number of aliphatic hydroxyl groups is 1. The van der Waals surface area contributed by atoms with Crippen LogP contribution >= 0.6 is 11.3 Å². The maximum atomic E-state index is 13.5. The Labute approximate surface area is 186 Å². The molecule has 4 aliphatic carbocycles. The summed E-state index contributed by atoms with van der Waals surface area (Å²) >= 11 is 1.36. The first-order valence-corrected chi connectivity index (χ1v) is 12.8. The lowest BCUT2D eigenvalue weighted by Gasteiger charge is -2.58. The zero-order valence-corrected chi connectivity index (χ0v) is 18.7. The van der Waals surface area contributed by atoms with Crippen LogP contribution in [0, 0.1) is 17.8 Å². The monoisotopic (exact) mass is 448 g/mol. The fourth-order valence-electron chi connectivity index (χ4n) is 6.91. The maximum Gasteiger partial charge on any atom is 0.274 e. The third-order valence-corrected chi connectivity index (χ3v) is 9.01. The smallest absolute Gasteiger partial charge is 0.274 e. The van der Waals surface area contributed by atoms with Crippen LogP contribution in [0.3, 0.4) is 0 Å². The predicted molar refractivity (Wildman–Crippen MR) is 114 cm³/mol. The van der Waals surface area contributed by atoms with Gasteiger partial charge < -0.3 is 24.6 Å². The number of rotatable bonds is 5. The normalized spacial score (nSPS) is 39.7. The Balaban J connectivity index is 1.21. The van der Waals surface area contributed by atoms with Gasteiger partial charge in [0.05, 0.1) is 24.5 Å². The molecular formula is C23H32N2O5S. The van der Waals surface area contributed by atoms with Crippen LogP contribution < -0.4 is 10.1 Å². The molecule has 1 amide bonds. The number of ether oxygens (including phenoxy) is 3. The van der Waals surface area contributed by atoms with E-state index in [1.807, 2.05) is 0 Å². The van der Waals surface area contributed by atoms with Crippen LogP contribution in [0.5, 0.6) is 5.19 Å². The quantitative estimate of drug-likeness (QED) is 0.719. The number of nitrogens with one attached hydrogen (secondary N) is 1. The summed E-state index contributed by atoms with van der Waals surface area (Å²) in [6, 6.07) is 0.156. The first-order chi connectivity index (χ1) is 15.1. The molecule has 7 nitrogen and oxygen atoms in total. The minimum Gasteiger partial charge on any atom is -0.467 e. The molecule has 1 aromatic heterocycles. The number of hydrogen-bond acceptors (Lipinski definition) is 7. The highest BCUT2D eigenvalue weighted by atomic mass is 32.1. The number of carbonyl (C=O) groups is 1. The predicted octanol–water partition coefficient (Wildman–Crippen LogP) is 3.22. The van der Waals surface area contributed by atoms with Crippen molar-refractivity contribution in [3.8, 4) is 5.19 Å². The summed E-state index contributed by atoms with van der Waals surface area (Å²) in [7, 11) is 0. The standard InChI is InChI=1S/C23H32N2O5S/c26-21(24-18-14-8-13-9-15(18)12-23(27,10-13)11-14)20-19(17-2-1-5-29-17)25-22(31-20)30-16-3-6-28-7-4-16/h13-18,27H,1-12H2,(H,24,26)/t13?,14?,15?,17-,18?,23?/m1/s1. The Bertz CT molecular complexity index is 816. The van der Waals surface area contributed by atoms with Gasteiger partial charge in [-0.25, -0.2) is 4.98 Å². The number of amides is 1. The second kappa shape index (κ2) is 7.97. The van der Waals surface area contributed by atoms with E-state index in [1.165, 1.54) is 11.3 Å². The molecule has 2 unspecified atom stereocenters. The maximum absolute atomic E-state index is 13.5. The van der Waals surface area contributed by atoms with Crippen LogP contribution in [-0.4, -0.2) is 53.6 Å². The molecule has 3 heterocycles. The zero-order valence-electron chi connectivity index (χ0n) is 17.9. The van der Waals surface area contributed by atoms with E-state index in [0.717, 1.165) is 63.5 Å². The molecule has 8 heteroatoms. The molecule has 3 atom stereocenters. The summed E-state index contributed by atoms with van der Waals surface area (Å²) in [6.07, 6.45) is 8.42. The van der Waals surface area contributed by atoms with Gasteiger partial charge in [0.25, 0.3) is 11.1 Å². The van der Waals surface area contributed by atoms with Crippen LogP contribution in [0.1, 0.15) is 79.3 Å². The average molecular weight is 449 g/mol. The first-order valence-electron chi connectivity index (χ1n) is 12.0. The molecule has 0 radical (unpaired) electrons. The highest BCUT2D eigenvalue weighted by Crippen LogP contribution is 2.55. The summed E-state index contributed by atoms with van der Waals surface area (Å²) in [5.41, 5.74) is 0.250. The van der Waals surface area contributed by atoms with Crippen molar-refractivity contribution in [2.24, 2.45) is 17.8 Å². The Morgan fingerprint density at radius 1 is 1.13 bits per heavy atom. The number of aromatic nitrogens is 1. The van der Waals surface area contributed by atoms with Crippen molar-refractivity contribution in [1.82, 2.24) is 10.3 Å². The molecule has 7 rings (SSSR count).